The lowest BCUT2D eigenvalue weighted by molar-refractivity contribution is 0.102. The summed E-state index contributed by atoms with van der Waals surface area (Å²) in [5, 5.41) is 2.90. The van der Waals surface area contributed by atoms with E-state index in [1.807, 2.05) is 6.92 Å². The normalized spacial score (nSPS) is 10.4. The largest absolute Gasteiger partial charge is 0.461 e. The molecule has 64 valence electrons. The molecule has 0 radical (unpaired) electrons. The van der Waals surface area contributed by atoms with Crippen molar-refractivity contribution in [1.29, 1.82) is 0 Å². The van der Waals surface area contributed by atoms with Crippen LogP contribution >= 0.6 is 0 Å². The van der Waals surface area contributed by atoms with Gasteiger partial charge in [0.1, 0.15) is 0 Å². The topological polar surface area (TPSA) is 42.2 Å². The van der Waals surface area contributed by atoms with Crippen LogP contribution in [0.5, 0.6) is 0 Å². The third kappa shape index (κ3) is 2.27. The molecule has 0 bridgehead atoms. The number of carbonyl (C=O) groups is 1. The van der Waals surface area contributed by atoms with Crippen molar-refractivity contribution in [2.24, 2.45) is 0 Å². The predicted molar refractivity (Wildman–Crippen MR) is 45.9 cm³/mol. The first-order chi connectivity index (χ1) is 5.84. The van der Waals surface area contributed by atoms with Crippen molar-refractivity contribution in [1.82, 2.24) is 5.32 Å². The van der Waals surface area contributed by atoms with E-state index in [1.54, 1.807) is 18.3 Å². The number of hydrogen-bond acceptors (Lipinski definition) is 3. The van der Waals surface area contributed by atoms with Gasteiger partial charge in [-0.1, -0.05) is 0 Å². The van der Waals surface area contributed by atoms with Gasteiger partial charge in [0, 0.05) is 18.8 Å². The monoisotopic (exact) mass is 165 g/mol. The van der Waals surface area contributed by atoms with Gasteiger partial charge < -0.3 is 9.73 Å². The van der Waals surface area contributed by atoms with Crippen molar-refractivity contribution in [2.45, 2.75) is 6.92 Å². The van der Waals surface area contributed by atoms with Gasteiger partial charge >= 0.3 is 0 Å². The zero-order chi connectivity index (χ0) is 8.81. The van der Waals surface area contributed by atoms with Crippen LogP contribution in [0.25, 0.3) is 0 Å². The molecule has 0 fully saturated rings. The first kappa shape index (κ1) is 8.59. The van der Waals surface area contributed by atoms with E-state index in [2.05, 4.69) is 5.32 Å². The minimum atomic E-state index is -0.124. The van der Waals surface area contributed by atoms with Crippen molar-refractivity contribution in [3.8, 4) is 0 Å². The van der Waals surface area contributed by atoms with E-state index >= 15 is 0 Å². The van der Waals surface area contributed by atoms with E-state index in [9.17, 15) is 4.79 Å². The summed E-state index contributed by atoms with van der Waals surface area (Å²) in [7, 11) is 0. The molecule has 0 unspecified atom stereocenters. The Morgan fingerprint density at radius 2 is 2.58 bits per heavy atom. The molecule has 0 aliphatic rings. The Bertz CT molecular complexity index is 262. The van der Waals surface area contributed by atoms with Crippen LogP contribution in [0.3, 0.4) is 0 Å². The maximum absolute atomic E-state index is 11.2. The van der Waals surface area contributed by atoms with Crippen LogP contribution in [0.4, 0.5) is 0 Å². The fourth-order valence-corrected chi connectivity index (χ4v) is 0.753. The molecule has 3 nitrogen and oxygen atoms in total. The highest BCUT2D eigenvalue weighted by Gasteiger charge is 2.02. The summed E-state index contributed by atoms with van der Waals surface area (Å²) in [6, 6.07) is 3.33. The molecule has 0 aliphatic heterocycles. The van der Waals surface area contributed by atoms with Crippen LogP contribution < -0.4 is 5.32 Å². The van der Waals surface area contributed by atoms with Crippen LogP contribution in [0, 0.1) is 0 Å². The molecule has 3 heteroatoms. The number of furan rings is 1. The quantitative estimate of drug-likeness (QED) is 0.544. The Balaban J connectivity index is 2.50. The zero-order valence-electron chi connectivity index (χ0n) is 6.91. The molecule has 1 rings (SSSR count). The summed E-state index contributed by atoms with van der Waals surface area (Å²) < 4.78 is 4.90. The van der Waals surface area contributed by atoms with Gasteiger partial charge in [0.15, 0.2) is 5.76 Å². The van der Waals surface area contributed by atoms with Gasteiger partial charge in [-0.25, -0.2) is 0 Å². The molecule has 1 N–H and O–H groups in total. The first-order valence-corrected chi connectivity index (χ1v) is 3.82. The van der Waals surface area contributed by atoms with E-state index in [4.69, 9.17) is 4.42 Å². The Morgan fingerprint density at radius 3 is 3.17 bits per heavy atom. The summed E-state index contributed by atoms with van der Waals surface area (Å²) in [5.41, 5.74) is 0. The second kappa shape index (κ2) is 4.38. The SMILES string of the molecule is CCN/C=C/C(=O)c1ccco1. The molecule has 1 heterocycles. The Kier molecular flexibility index (Phi) is 3.14. The van der Waals surface area contributed by atoms with E-state index < -0.39 is 0 Å². The minimum absolute atomic E-state index is 0.124. The van der Waals surface area contributed by atoms with Crippen molar-refractivity contribution in [2.75, 3.05) is 6.54 Å². The molecule has 0 saturated heterocycles. The molecule has 12 heavy (non-hydrogen) atoms. The highest BCUT2D eigenvalue weighted by atomic mass is 16.3. The highest BCUT2D eigenvalue weighted by molar-refractivity contribution is 6.02. The van der Waals surface area contributed by atoms with E-state index in [-0.39, 0.29) is 5.78 Å². The molecule has 0 spiro atoms. The smallest absolute Gasteiger partial charge is 0.222 e. The van der Waals surface area contributed by atoms with Crippen LogP contribution in [-0.2, 0) is 0 Å². The van der Waals surface area contributed by atoms with Gasteiger partial charge in [-0.15, -0.1) is 0 Å². The average Bonchev–Trinajstić information content (AvgIpc) is 2.56. The zero-order valence-corrected chi connectivity index (χ0v) is 6.91. The summed E-state index contributed by atoms with van der Waals surface area (Å²) in [4.78, 5) is 11.2. The third-order valence-corrected chi connectivity index (χ3v) is 1.32. The standard InChI is InChI=1S/C9H11NO2/c1-2-10-6-5-8(11)9-4-3-7-12-9/h3-7,10H,2H2,1H3/b6-5+. The lowest BCUT2D eigenvalue weighted by Crippen LogP contribution is -2.03. The summed E-state index contributed by atoms with van der Waals surface area (Å²) >= 11 is 0. The lowest BCUT2D eigenvalue weighted by atomic mass is 10.3. The molecular formula is C9H11NO2. The Morgan fingerprint density at radius 1 is 1.75 bits per heavy atom. The molecule has 0 atom stereocenters. The van der Waals surface area contributed by atoms with Gasteiger partial charge in [0.05, 0.1) is 6.26 Å². The Labute approximate surface area is 71.1 Å². The first-order valence-electron chi connectivity index (χ1n) is 3.82. The summed E-state index contributed by atoms with van der Waals surface area (Å²) in [6.07, 6.45) is 4.54. The maximum Gasteiger partial charge on any atom is 0.222 e. The maximum atomic E-state index is 11.2. The number of rotatable bonds is 4. The molecule has 0 saturated carbocycles. The van der Waals surface area contributed by atoms with Crippen molar-refractivity contribution >= 4 is 5.78 Å². The highest BCUT2D eigenvalue weighted by Crippen LogP contribution is 2.01. The van der Waals surface area contributed by atoms with Gasteiger partial charge in [-0.3, -0.25) is 4.79 Å². The van der Waals surface area contributed by atoms with Crippen LogP contribution in [0.1, 0.15) is 17.5 Å². The Hall–Kier alpha value is -1.51. The average molecular weight is 165 g/mol. The predicted octanol–water partition coefficient (Wildman–Crippen LogP) is 1.59. The van der Waals surface area contributed by atoms with Gasteiger partial charge in [0.2, 0.25) is 5.78 Å². The van der Waals surface area contributed by atoms with Gasteiger partial charge in [0.25, 0.3) is 0 Å². The lowest BCUT2D eigenvalue weighted by Gasteiger charge is -1.90. The molecule has 1 aromatic heterocycles. The van der Waals surface area contributed by atoms with Crippen molar-refractivity contribution in [3.05, 3.63) is 36.4 Å². The fourth-order valence-electron chi connectivity index (χ4n) is 0.753. The van der Waals surface area contributed by atoms with Crippen LogP contribution in [0.15, 0.2) is 35.1 Å². The molecule has 0 amide bonds. The number of ketones is 1. The van der Waals surface area contributed by atoms with E-state index in [0.717, 1.165) is 6.54 Å². The second-order valence-corrected chi connectivity index (χ2v) is 2.23. The number of hydrogen-bond donors (Lipinski definition) is 1. The van der Waals surface area contributed by atoms with Crippen LogP contribution in [0.2, 0.25) is 0 Å². The van der Waals surface area contributed by atoms with Gasteiger partial charge in [-0.2, -0.15) is 0 Å². The van der Waals surface area contributed by atoms with E-state index in [1.165, 1.54) is 12.3 Å². The van der Waals surface area contributed by atoms with Gasteiger partial charge in [-0.05, 0) is 19.1 Å². The molecule has 0 aromatic carbocycles. The molecule has 0 aliphatic carbocycles. The van der Waals surface area contributed by atoms with E-state index in [0.29, 0.717) is 5.76 Å². The number of nitrogens with one attached hydrogen (secondary N) is 1. The second-order valence-electron chi connectivity index (χ2n) is 2.23. The number of carbonyl (C=O) groups excluding carboxylic acids is 1. The summed E-state index contributed by atoms with van der Waals surface area (Å²) in [5.74, 6) is 0.241. The number of allylic oxidation sites excluding steroid dienone is 1. The third-order valence-electron chi connectivity index (χ3n) is 1.32. The van der Waals surface area contributed by atoms with Crippen molar-refractivity contribution < 1.29 is 9.21 Å². The fraction of sp³-hybridized carbons (Fsp3) is 0.222. The van der Waals surface area contributed by atoms with Crippen LogP contribution in [-0.4, -0.2) is 12.3 Å². The summed E-state index contributed by atoms with van der Waals surface area (Å²) in [6.45, 7) is 2.77. The molecule has 1 aromatic rings. The van der Waals surface area contributed by atoms with Crippen molar-refractivity contribution in [3.63, 3.8) is 0 Å². The minimum Gasteiger partial charge on any atom is -0.461 e. The molecular weight excluding hydrogens is 154 g/mol.